The van der Waals surface area contributed by atoms with E-state index >= 15 is 0 Å². The predicted molar refractivity (Wildman–Crippen MR) is 73.0 cm³/mol. The number of benzene rings is 1. The van der Waals surface area contributed by atoms with E-state index in [4.69, 9.17) is 0 Å². The van der Waals surface area contributed by atoms with Crippen LogP contribution >= 0.6 is 15.9 Å². The van der Waals surface area contributed by atoms with Gasteiger partial charge in [-0.2, -0.15) is 0 Å². The van der Waals surface area contributed by atoms with Crippen LogP contribution in [0.25, 0.3) is 0 Å². The number of halogens is 1. The van der Waals surface area contributed by atoms with Crippen molar-refractivity contribution in [3.63, 3.8) is 0 Å². The fourth-order valence-electron chi connectivity index (χ4n) is 2.11. The molecule has 0 unspecified atom stereocenters. The first-order valence-corrected chi connectivity index (χ1v) is 7.03. The quantitative estimate of drug-likeness (QED) is 0.829. The molecule has 2 nitrogen and oxygen atoms in total. The fourth-order valence-corrected chi connectivity index (χ4v) is 2.51. The molecule has 1 N–H and O–H groups in total. The van der Waals surface area contributed by atoms with Gasteiger partial charge >= 0.3 is 0 Å². The van der Waals surface area contributed by atoms with Gasteiger partial charge in [0.2, 0.25) is 5.91 Å². The van der Waals surface area contributed by atoms with Gasteiger partial charge in [0.25, 0.3) is 0 Å². The van der Waals surface area contributed by atoms with E-state index in [0.717, 1.165) is 42.3 Å². The molecule has 0 heterocycles. The highest BCUT2D eigenvalue weighted by Crippen LogP contribution is 2.48. The molecule has 1 aromatic carbocycles. The number of nitrogens with one attached hydrogen (secondary N) is 1. The molecular formula is C14H18BrNO. The molecule has 1 fully saturated rings. The minimum atomic E-state index is -0.239. The van der Waals surface area contributed by atoms with Gasteiger partial charge < -0.3 is 5.32 Å². The Bertz CT molecular complexity index is 412. The maximum Gasteiger partial charge on any atom is 0.230 e. The third-order valence-corrected chi connectivity index (χ3v) is 3.87. The van der Waals surface area contributed by atoms with Gasteiger partial charge in [-0.05, 0) is 37.0 Å². The average molecular weight is 296 g/mol. The highest BCUT2D eigenvalue weighted by molar-refractivity contribution is 9.10. The first kappa shape index (κ1) is 12.6. The third kappa shape index (κ3) is 2.71. The Morgan fingerprint density at radius 3 is 2.82 bits per heavy atom. The highest BCUT2D eigenvalue weighted by Gasteiger charge is 2.51. The van der Waals surface area contributed by atoms with Crippen LogP contribution in [0.15, 0.2) is 28.7 Å². The van der Waals surface area contributed by atoms with Crippen molar-refractivity contribution in [2.24, 2.45) is 0 Å². The van der Waals surface area contributed by atoms with E-state index in [-0.39, 0.29) is 11.3 Å². The number of hydrogen-bond donors (Lipinski definition) is 1. The summed E-state index contributed by atoms with van der Waals surface area (Å²) in [4.78, 5) is 12.2. The van der Waals surface area contributed by atoms with E-state index in [1.807, 2.05) is 12.1 Å². The van der Waals surface area contributed by atoms with E-state index in [1.54, 1.807) is 0 Å². The SMILES string of the molecule is CCCCNC(=O)C1(c2cccc(Br)c2)CC1. The first-order chi connectivity index (χ1) is 8.19. The molecule has 92 valence electrons. The molecule has 1 aliphatic rings. The third-order valence-electron chi connectivity index (χ3n) is 3.38. The smallest absolute Gasteiger partial charge is 0.230 e. The topological polar surface area (TPSA) is 29.1 Å². The normalized spacial score (nSPS) is 16.6. The lowest BCUT2D eigenvalue weighted by atomic mass is 9.95. The molecule has 1 amide bonds. The molecule has 1 aromatic rings. The minimum Gasteiger partial charge on any atom is -0.355 e. The summed E-state index contributed by atoms with van der Waals surface area (Å²) in [6, 6.07) is 8.11. The summed E-state index contributed by atoms with van der Waals surface area (Å²) >= 11 is 3.46. The van der Waals surface area contributed by atoms with Crippen LogP contribution in [0.3, 0.4) is 0 Å². The van der Waals surface area contributed by atoms with Crippen molar-refractivity contribution in [2.45, 2.75) is 38.0 Å². The molecule has 0 atom stereocenters. The summed E-state index contributed by atoms with van der Waals surface area (Å²) in [7, 11) is 0. The van der Waals surface area contributed by atoms with E-state index in [9.17, 15) is 4.79 Å². The summed E-state index contributed by atoms with van der Waals surface area (Å²) in [6.07, 6.45) is 4.12. The second kappa shape index (κ2) is 5.21. The van der Waals surface area contributed by atoms with Crippen LogP contribution in [-0.4, -0.2) is 12.5 Å². The summed E-state index contributed by atoms with van der Waals surface area (Å²) < 4.78 is 1.04. The average Bonchev–Trinajstić information content (AvgIpc) is 3.10. The number of carbonyl (C=O) groups excluding carboxylic acids is 1. The van der Waals surface area contributed by atoms with Gasteiger partial charge in [0, 0.05) is 11.0 Å². The zero-order valence-corrected chi connectivity index (χ0v) is 11.7. The molecule has 0 saturated heterocycles. The van der Waals surface area contributed by atoms with Crippen LogP contribution in [0, 0.1) is 0 Å². The molecule has 0 bridgehead atoms. The molecular weight excluding hydrogens is 278 g/mol. The standard InChI is InChI=1S/C14H18BrNO/c1-2-3-9-16-13(17)14(7-8-14)11-5-4-6-12(15)10-11/h4-6,10H,2-3,7-9H2,1H3,(H,16,17). The van der Waals surface area contributed by atoms with Crippen LogP contribution in [0.4, 0.5) is 0 Å². The van der Waals surface area contributed by atoms with Crippen LogP contribution in [0.5, 0.6) is 0 Å². The lowest BCUT2D eigenvalue weighted by molar-refractivity contribution is -0.123. The molecule has 17 heavy (non-hydrogen) atoms. The van der Waals surface area contributed by atoms with E-state index in [2.05, 4.69) is 40.3 Å². The van der Waals surface area contributed by atoms with E-state index in [1.165, 1.54) is 0 Å². The highest BCUT2D eigenvalue weighted by atomic mass is 79.9. The Morgan fingerprint density at radius 1 is 1.47 bits per heavy atom. The summed E-state index contributed by atoms with van der Waals surface area (Å²) in [5.74, 6) is 0.198. The molecule has 2 rings (SSSR count). The Hall–Kier alpha value is -0.830. The number of rotatable bonds is 5. The molecule has 1 saturated carbocycles. The van der Waals surface area contributed by atoms with Crippen molar-refractivity contribution in [3.05, 3.63) is 34.3 Å². The van der Waals surface area contributed by atoms with Gasteiger partial charge in [0.05, 0.1) is 5.41 Å². The molecule has 1 aliphatic carbocycles. The van der Waals surface area contributed by atoms with E-state index < -0.39 is 0 Å². The van der Waals surface area contributed by atoms with Crippen molar-refractivity contribution < 1.29 is 4.79 Å². The number of unbranched alkanes of at least 4 members (excludes halogenated alkanes) is 1. The summed E-state index contributed by atoms with van der Waals surface area (Å²) in [6.45, 7) is 2.93. The monoisotopic (exact) mass is 295 g/mol. The Labute approximate surface area is 111 Å². The van der Waals surface area contributed by atoms with Crippen molar-refractivity contribution >= 4 is 21.8 Å². The number of hydrogen-bond acceptors (Lipinski definition) is 1. The van der Waals surface area contributed by atoms with Crippen LogP contribution < -0.4 is 5.32 Å². The Kier molecular flexibility index (Phi) is 3.87. The van der Waals surface area contributed by atoms with Crippen molar-refractivity contribution in [3.8, 4) is 0 Å². The van der Waals surface area contributed by atoms with Crippen LogP contribution in [0.1, 0.15) is 38.2 Å². The van der Waals surface area contributed by atoms with Gasteiger partial charge in [-0.3, -0.25) is 4.79 Å². The lowest BCUT2D eigenvalue weighted by Gasteiger charge is -2.15. The number of carbonyl (C=O) groups is 1. The zero-order valence-electron chi connectivity index (χ0n) is 10.1. The van der Waals surface area contributed by atoms with E-state index in [0.29, 0.717) is 0 Å². The molecule has 0 aromatic heterocycles. The summed E-state index contributed by atoms with van der Waals surface area (Å²) in [5, 5.41) is 3.05. The summed E-state index contributed by atoms with van der Waals surface area (Å²) in [5.41, 5.74) is 0.901. The molecule has 3 heteroatoms. The molecule has 0 radical (unpaired) electrons. The van der Waals surface area contributed by atoms with Gasteiger partial charge in [0.15, 0.2) is 0 Å². The fraction of sp³-hybridized carbons (Fsp3) is 0.500. The Morgan fingerprint density at radius 2 is 2.24 bits per heavy atom. The van der Waals surface area contributed by atoms with Gasteiger partial charge in [-0.1, -0.05) is 41.4 Å². The first-order valence-electron chi connectivity index (χ1n) is 6.23. The second-order valence-corrected chi connectivity index (χ2v) is 5.62. The molecule has 0 spiro atoms. The predicted octanol–water partition coefficient (Wildman–Crippen LogP) is 3.40. The maximum atomic E-state index is 12.2. The second-order valence-electron chi connectivity index (χ2n) is 4.70. The van der Waals surface area contributed by atoms with Crippen molar-refractivity contribution in [2.75, 3.05) is 6.54 Å². The zero-order chi connectivity index (χ0) is 12.3. The molecule has 0 aliphatic heterocycles. The van der Waals surface area contributed by atoms with Gasteiger partial charge in [0.1, 0.15) is 0 Å². The van der Waals surface area contributed by atoms with Crippen LogP contribution in [0.2, 0.25) is 0 Å². The van der Waals surface area contributed by atoms with Crippen molar-refractivity contribution in [1.29, 1.82) is 0 Å². The lowest BCUT2D eigenvalue weighted by Crippen LogP contribution is -2.35. The van der Waals surface area contributed by atoms with Crippen LogP contribution in [-0.2, 0) is 10.2 Å². The van der Waals surface area contributed by atoms with Crippen molar-refractivity contribution in [1.82, 2.24) is 5.32 Å². The van der Waals surface area contributed by atoms with Gasteiger partial charge in [-0.25, -0.2) is 0 Å². The van der Waals surface area contributed by atoms with Gasteiger partial charge in [-0.15, -0.1) is 0 Å². The largest absolute Gasteiger partial charge is 0.355 e. The Balaban J connectivity index is 2.06. The maximum absolute atomic E-state index is 12.2. The minimum absolute atomic E-state index is 0.198. The number of amides is 1.